The van der Waals surface area contributed by atoms with Crippen LogP contribution in [-0.2, 0) is 6.42 Å². The van der Waals surface area contributed by atoms with Crippen molar-refractivity contribution in [3.05, 3.63) is 72.6 Å². The standard InChI is InChI=1S/C22H27F.C2H4/c1-16-3-7-18(8-4-16)9-10-19-11-14-21(22(23)15-19)20-12-5-17(2)6-13-20;1-2/h5-6,11-16,18H,3-4,7-10H2,1-2H3;1-2H2. The Kier molecular flexibility index (Phi) is 7.43. The third-order valence-electron chi connectivity index (χ3n) is 5.37. The Balaban J connectivity index is 0.00000109. The van der Waals surface area contributed by atoms with Crippen molar-refractivity contribution in [1.29, 1.82) is 0 Å². The molecule has 0 spiro atoms. The fourth-order valence-corrected chi connectivity index (χ4v) is 3.67. The average Bonchev–Trinajstić information content (AvgIpc) is 2.64. The lowest BCUT2D eigenvalue weighted by atomic mass is 9.80. The summed E-state index contributed by atoms with van der Waals surface area (Å²) in [6.45, 7) is 10.4. The summed E-state index contributed by atoms with van der Waals surface area (Å²) in [5, 5.41) is 0. The van der Waals surface area contributed by atoms with Crippen LogP contribution in [-0.4, -0.2) is 0 Å². The number of aryl methyl sites for hydroxylation is 2. The van der Waals surface area contributed by atoms with Gasteiger partial charge in [0, 0.05) is 5.56 Å². The van der Waals surface area contributed by atoms with E-state index < -0.39 is 0 Å². The molecule has 1 saturated carbocycles. The molecule has 1 aliphatic carbocycles. The highest BCUT2D eigenvalue weighted by atomic mass is 19.1. The molecule has 0 heterocycles. The lowest BCUT2D eigenvalue weighted by Crippen LogP contribution is -2.12. The van der Waals surface area contributed by atoms with Crippen LogP contribution in [0.4, 0.5) is 4.39 Å². The molecule has 1 fully saturated rings. The van der Waals surface area contributed by atoms with Crippen molar-refractivity contribution >= 4 is 0 Å². The van der Waals surface area contributed by atoms with Gasteiger partial charge < -0.3 is 0 Å². The van der Waals surface area contributed by atoms with Crippen LogP contribution in [0.3, 0.4) is 0 Å². The minimum atomic E-state index is -0.0939. The molecule has 0 N–H and O–H groups in total. The number of halogens is 1. The van der Waals surface area contributed by atoms with Gasteiger partial charge in [-0.3, -0.25) is 0 Å². The Morgan fingerprint density at radius 3 is 2.20 bits per heavy atom. The third-order valence-corrected chi connectivity index (χ3v) is 5.37. The summed E-state index contributed by atoms with van der Waals surface area (Å²) in [5.41, 5.74) is 4.01. The summed E-state index contributed by atoms with van der Waals surface area (Å²) >= 11 is 0. The topological polar surface area (TPSA) is 0 Å². The summed E-state index contributed by atoms with van der Waals surface area (Å²) in [5.74, 6) is 1.65. The molecular weight excluding hydrogens is 307 g/mol. The van der Waals surface area contributed by atoms with Crippen molar-refractivity contribution in [2.75, 3.05) is 0 Å². The highest BCUT2D eigenvalue weighted by Crippen LogP contribution is 2.31. The molecule has 2 aromatic rings. The van der Waals surface area contributed by atoms with E-state index in [1.54, 1.807) is 6.07 Å². The molecule has 0 aromatic heterocycles. The SMILES string of the molecule is C=C.Cc1ccc(-c2ccc(CCC3CCC(C)CC3)cc2F)cc1. The van der Waals surface area contributed by atoms with E-state index in [9.17, 15) is 4.39 Å². The van der Waals surface area contributed by atoms with Crippen molar-refractivity contribution in [3.63, 3.8) is 0 Å². The molecule has 0 atom stereocenters. The van der Waals surface area contributed by atoms with E-state index in [2.05, 4.69) is 33.1 Å². The van der Waals surface area contributed by atoms with Gasteiger partial charge >= 0.3 is 0 Å². The van der Waals surface area contributed by atoms with Crippen LogP contribution in [0, 0.1) is 24.6 Å². The van der Waals surface area contributed by atoms with Gasteiger partial charge in [0.1, 0.15) is 5.82 Å². The molecule has 0 unspecified atom stereocenters. The van der Waals surface area contributed by atoms with Crippen molar-refractivity contribution in [1.82, 2.24) is 0 Å². The highest BCUT2D eigenvalue weighted by Gasteiger charge is 2.18. The summed E-state index contributed by atoms with van der Waals surface area (Å²) in [4.78, 5) is 0. The lowest BCUT2D eigenvalue weighted by Gasteiger charge is -2.26. The van der Waals surface area contributed by atoms with Gasteiger partial charge in [-0.2, -0.15) is 0 Å². The Morgan fingerprint density at radius 2 is 1.60 bits per heavy atom. The summed E-state index contributed by atoms with van der Waals surface area (Å²) in [6.07, 6.45) is 7.65. The fraction of sp³-hybridized carbons (Fsp3) is 0.417. The smallest absolute Gasteiger partial charge is 0.131 e. The van der Waals surface area contributed by atoms with Gasteiger partial charge in [-0.05, 0) is 48.8 Å². The molecule has 1 heteroatoms. The number of hydrogen-bond acceptors (Lipinski definition) is 0. The van der Waals surface area contributed by atoms with Gasteiger partial charge in [0.25, 0.3) is 0 Å². The van der Waals surface area contributed by atoms with Gasteiger partial charge in [0.05, 0.1) is 0 Å². The molecule has 2 aromatic carbocycles. The number of benzene rings is 2. The Morgan fingerprint density at radius 1 is 0.960 bits per heavy atom. The Labute approximate surface area is 152 Å². The predicted octanol–water partition coefficient (Wildman–Crippen LogP) is 7.36. The molecule has 0 nitrogen and oxygen atoms in total. The number of rotatable bonds is 4. The van der Waals surface area contributed by atoms with Crippen LogP contribution >= 0.6 is 0 Å². The molecular formula is C24H31F. The maximum Gasteiger partial charge on any atom is 0.131 e. The Hall–Kier alpha value is -1.89. The predicted molar refractivity (Wildman–Crippen MR) is 107 cm³/mol. The second kappa shape index (κ2) is 9.56. The van der Waals surface area contributed by atoms with Crippen LogP contribution in [0.25, 0.3) is 11.1 Å². The fourth-order valence-electron chi connectivity index (χ4n) is 3.67. The van der Waals surface area contributed by atoms with Crippen molar-refractivity contribution in [2.45, 2.75) is 52.4 Å². The van der Waals surface area contributed by atoms with Gasteiger partial charge in [-0.1, -0.05) is 74.6 Å². The van der Waals surface area contributed by atoms with E-state index in [4.69, 9.17) is 0 Å². The van der Waals surface area contributed by atoms with Crippen LogP contribution in [0.5, 0.6) is 0 Å². The minimum absolute atomic E-state index is 0.0939. The molecule has 0 amide bonds. The monoisotopic (exact) mass is 338 g/mol. The molecule has 0 bridgehead atoms. The maximum atomic E-state index is 14.5. The maximum absolute atomic E-state index is 14.5. The first-order chi connectivity index (χ1) is 12.1. The van der Waals surface area contributed by atoms with E-state index in [1.807, 2.05) is 30.3 Å². The van der Waals surface area contributed by atoms with Gasteiger partial charge in [-0.25, -0.2) is 4.39 Å². The van der Waals surface area contributed by atoms with E-state index in [1.165, 1.54) is 37.7 Å². The molecule has 3 rings (SSSR count). The van der Waals surface area contributed by atoms with Crippen LogP contribution in [0.2, 0.25) is 0 Å². The largest absolute Gasteiger partial charge is 0.206 e. The Bertz CT molecular complexity index is 648. The quantitative estimate of drug-likeness (QED) is 0.511. The summed E-state index contributed by atoms with van der Waals surface area (Å²) in [6, 6.07) is 13.8. The molecule has 1 aliphatic rings. The zero-order chi connectivity index (χ0) is 18.2. The van der Waals surface area contributed by atoms with Gasteiger partial charge in [0.2, 0.25) is 0 Å². The summed E-state index contributed by atoms with van der Waals surface area (Å²) < 4.78 is 14.5. The van der Waals surface area contributed by atoms with E-state index in [-0.39, 0.29) is 5.82 Å². The first-order valence-electron chi connectivity index (χ1n) is 9.47. The molecule has 134 valence electrons. The van der Waals surface area contributed by atoms with Crippen molar-refractivity contribution in [3.8, 4) is 11.1 Å². The normalized spacial score (nSPS) is 19.8. The minimum Gasteiger partial charge on any atom is -0.206 e. The van der Waals surface area contributed by atoms with Crippen LogP contribution in [0.1, 0.15) is 50.2 Å². The summed E-state index contributed by atoms with van der Waals surface area (Å²) in [7, 11) is 0. The van der Waals surface area contributed by atoms with Crippen molar-refractivity contribution < 1.29 is 4.39 Å². The average molecular weight is 339 g/mol. The van der Waals surface area contributed by atoms with E-state index in [0.29, 0.717) is 5.56 Å². The van der Waals surface area contributed by atoms with Crippen LogP contribution in [0.15, 0.2) is 55.6 Å². The van der Waals surface area contributed by atoms with Gasteiger partial charge in [0.15, 0.2) is 0 Å². The second-order valence-electron chi connectivity index (χ2n) is 7.34. The van der Waals surface area contributed by atoms with E-state index in [0.717, 1.165) is 29.4 Å². The van der Waals surface area contributed by atoms with Crippen LogP contribution < -0.4 is 0 Å². The zero-order valence-electron chi connectivity index (χ0n) is 15.7. The first-order valence-corrected chi connectivity index (χ1v) is 9.47. The third kappa shape index (κ3) is 5.56. The van der Waals surface area contributed by atoms with Crippen molar-refractivity contribution in [2.24, 2.45) is 11.8 Å². The molecule has 0 radical (unpaired) electrons. The number of hydrogen-bond donors (Lipinski definition) is 0. The van der Waals surface area contributed by atoms with Gasteiger partial charge in [-0.15, -0.1) is 13.2 Å². The lowest BCUT2D eigenvalue weighted by molar-refractivity contribution is 0.277. The van der Waals surface area contributed by atoms with E-state index >= 15 is 0 Å². The molecule has 0 aliphatic heterocycles. The first kappa shape index (κ1) is 19.4. The zero-order valence-corrected chi connectivity index (χ0v) is 15.7. The molecule has 0 saturated heterocycles. The highest BCUT2D eigenvalue weighted by molar-refractivity contribution is 5.64. The second-order valence-corrected chi connectivity index (χ2v) is 7.34. The molecule has 25 heavy (non-hydrogen) atoms.